The number of ether oxygens (including phenoxy) is 1. The first-order valence-corrected chi connectivity index (χ1v) is 7.88. The number of aliphatic hydroxyl groups is 1. The van der Waals surface area contributed by atoms with Crippen LogP contribution in [0, 0.1) is 0 Å². The molecular formula is C20H19NO3. The maximum absolute atomic E-state index is 12.5. The predicted molar refractivity (Wildman–Crippen MR) is 92.7 cm³/mol. The van der Waals surface area contributed by atoms with E-state index in [2.05, 4.69) is 0 Å². The maximum Gasteiger partial charge on any atom is 0.197 e. The number of hydrogen-bond acceptors (Lipinski definition) is 3. The second-order valence-corrected chi connectivity index (χ2v) is 5.36. The second-order valence-electron chi connectivity index (χ2n) is 5.36. The molecule has 0 aliphatic heterocycles. The molecule has 3 rings (SSSR count). The van der Waals surface area contributed by atoms with Crippen LogP contribution in [-0.4, -0.2) is 22.1 Å². The summed E-state index contributed by atoms with van der Waals surface area (Å²) in [6.45, 7) is 2.54. The van der Waals surface area contributed by atoms with E-state index in [4.69, 9.17) is 4.74 Å². The predicted octanol–water partition coefficient (Wildman–Crippen LogP) is 3.79. The Balaban J connectivity index is 1.88. The second kappa shape index (κ2) is 7.15. The quantitative estimate of drug-likeness (QED) is 0.703. The van der Waals surface area contributed by atoms with Crippen LogP contribution in [0.25, 0.3) is 5.69 Å². The normalized spacial score (nSPS) is 11.9. The smallest absolute Gasteiger partial charge is 0.197 e. The van der Waals surface area contributed by atoms with Crippen molar-refractivity contribution in [3.05, 3.63) is 84.2 Å². The van der Waals surface area contributed by atoms with E-state index < -0.39 is 6.10 Å². The van der Waals surface area contributed by atoms with Crippen molar-refractivity contribution in [3.8, 4) is 11.4 Å². The maximum atomic E-state index is 12.5. The van der Waals surface area contributed by atoms with Gasteiger partial charge in [0.2, 0.25) is 0 Å². The highest BCUT2D eigenvalue weighted by atomic mass is 16.5. The fraction of sp³-hybridized carbons (Fsp3) is 0.150. The molecule has 0 saturated carbocycles. The van der Waals surface area contributed by atoms with Gasteiger partial charge in [0.25, 0.3) is 0 Å². The monoisotopic (exact) mass is 321 g/mol. The van der Waals surface area contributed by atoms with E-state index in [0.717, 1.165) is 11.4 Å². The third-order valence-electron chi connectivity index (χ3n) is 3.79. The van der Waals surface area contributed by atoms with Gasteiger partial charge in [0.1, 0.15) is 5.75 Å². The zero-order valence-electron chi connectivity index (χ0n) is 13.4. The van der Waals surface area contributed by atoms with Crippen molar-refractivity contribution in [2.45, 2.75) is 13.0 Å². The van der Waals surface area contributed by atoms with Crippen molar-refractivity contribution in [3.63, 3.8) is 0 Å². The van der Waals surface area contributed by atoms with Crippen LogP contribution in [0.1, 0.15) is 29.1 Å². The number of hydrogen-bond donors (Lipinski definition) is 1. The van der Waals surface area contributed by atoms with Crippen LogP contribution in [-0.2, 0) is 0 Å². The largest absolute Gasteiger partial charge is 0.494 e. The van der Waals surface area contributed by atoms with Crippen molar-refractivity contribution in [1.82, 2.24) is 4.57 Å². The van der Waals surface area contributed by atoms with Gasteiger partial charge in [-0.05, 0) is 43.3 Å². The molecule has 1 N–H and O–H groups in total. The van der Waals surface area contributed by atoms with Gasteiger partial charge in [-0.3, -0.25) is 4.79 Å². The van der Waals surface area contributed by atoms with Crippen LogP contribution in [0.4, 0.5) is 0 Å². The first-order valence-electron chi connectivity index (χ1n) is 7.88. The number of benzene rings is 2. The molecule has 0 amide bonds. The highest BCUT2D eigenvalue weighted by Gasteiger charge is 2.22. The lowest BCUT2D eigenvalue weighted by Gasteiger charge is -2.15. The number of rotatable bonds is 6. The van der Waals surface area contributed by atoms with E-state index >= 15 is 0 Å². The molecule has 0 bridgehead atoms. The van der Waals surface area contributed by atoms with Crippen LogP contribution < -0.4 is 4.74 Å². The average molecular weight is 321 g/mol. The highest BCUT2D eigenvalue weighted by molar-refractivity contribution is 5.99. The lowest BCUT2D eigenvalue weighted by atomic mass is 10.0. The number of carbonyl (C=O) groups is 1. The molecule has 4 heteroatoms. The highest BCUT2D eigenvalue weighted by Crippen LogP contribution is 2.24. The molecule has 2 aromatic carbocycles. The molecule has 24 heavy (non-hydrogen) atoms. The SMILES string of the molecule is CCOc1ccc(-n2cccc2C(O)C(=O)c2ccccc2)cc1. The van der Waals surface area contributed by atoms with E-state index in [9.17, 15) is 9.90 Å². The van der Waals surface area contributed by atoms with Crippen molar-refractivity contribution in [2.75, 3.05) is 6.61 Å². The molecule has 0 spiro atoms. The molecular weight excluding hydrogens is 302 g/mol. The summed E-state index contributed by atoms with van der Waals surface area (Å²) in [5.41, 5.74) is 1.89. The molecule has 1 heterocycles. The topological polar surface area (TPSA) is 51.5 Å². The van der Waals surface area contributed by atoms with E-state index in [1.54, 1.807) is 34.9 Å². The van der Waals surface area contributed by atoms with Crippen LogP contribution in [0.2, 0.25) is 0 Å². The lowest BCUT2D eigenvalue weighted by molar-refractivity contribution is 0.0737. The average Bonchev–Trinajstić information content (AvgIpc) is 3.12. The number of carbonyl (C=O) groups excluding carboxylic acids is 1. The Kier molecular flexibility index (Phi) is 4.77. The Morgan fingerprint density at radius 3 is 2.42 bits per heavy atom. The minimum Gasteiger partial charge on any atom is -0.494 e. The lowest BCUT2D eigenvalue weighted by Crippen LogP contribution is -2.15. The number of aliphatic hydroxyl groups excluding tert-OH is 1. The van der Waals surface area contributed by atoms with Gasteiger partial charge in [-0.2, -0.15) is 0 Å². The summed E-state index contributed by atoms with van der Waals surface area (Å²) < 4.78 is 7.25. The fourth-order valence-electron chi connectivity index (χ4n) is 2.62. The minimum absolute atomic E-state index is 0.318. The third-order valence-corrected chi connectivity index (χ3v) is 3.79. The number of Topliss-reactive ketones (excluding diaryl/α,β-unsaturated/α-hetero) is 1. The fourth-order valence-corrected chi connectivity index (χ4v) is 2.62. The standard InChI is InChI=1S/C20H19NO3/c1-2-24-17-12-10-16(11-13-17)21-14-6-9-18(21)20(23)19(22)15-7-4-3-5-8-15/h3-14,20,23H,2H2,1H3. The van der Waals surface area contributed by atoms with Gasteiger partial charge >= 0.3 is 0 Å². The van der Waals surface area contributed by atoms with Gasteiger partial charge in [0.15, 0.2) is 11.9 Å². The zero-order valence-corrected chi connectivity index (χ0v) is 13.4. The molecule has 0 aliphatic carbocycles. The van der Waals surface area contributed by atoms with Gasteiger partial charge in [-0.15, -0.1) is 0 Å². The van der Waals surface area contributed by atoms with E-state index in [0.29, 0.717) is 17.9 Å². The van der Waals surface area contributed by atoms with Crippen LogP contribution in [0.3, 0.4) is 0 Å². The van der Waals surface area contributed by atoms with Crippen molar-refractivity contribution in [1.29, 1.82) is 0 Å². The molecule has 1 aromatic heterocycles. The van der Waals surface area contributed by atoms with Gasteiger partial charge in [-0.25, -0.2) is 0 Å². The van der Waals surface area contributed by atoms with Crippen molar-refractivity contribution < 1.29 is 14.6 Å². The molecule has 122 valence electrons. The Morgan fingerprint density at radius 1 is 1.04 bits per heavy atom. The van der Waals surface area contributed by atoms with Gasteiger partial charge < -0.3 is 14.4 Å². The Labute approximate surface area is 140 Å². The summed E-state index contributed by atoms with van der Waals surface area (Å²) in [5, 5.41) is 10.5. The minimum atomic E-state index is -1.21. The zero-order chi connectivity index (χ0) is 16.9. The van der Waals surface area contributed by atoms with Crippen LogP contribution in [0.15, 0.2) is 72.9 Å². The summed E-state index contributed by atoms with van der Waals surface area (Å²) in [6, 6.07) is 19.9. The van der Waals surface area contributed by atoms with E-state index in [-0.39, 0.29) is 5.78 Å². The Hall–Kier alpha value is -2.85. The Bertz CT molecular complexity index is 806. The summed E-state index contributed by atoms with van der Waals surface area (Å²) in [4.78, 5) is 12.5. The molecule has 4 nitrogen and oxygen atoms in total. The van der Waals surface area contributed by atoms with Gasteiger partial charge in [0, 0.05) is 17.4 Å². The number of aromatic nitrogens is 1. The van der Waals surface area contributed by atoms with Crippen molar-refractivity contribution >= 4 is 5.78 Å². The molecule has 1 unspecified atom stereocenters. The Morgan fingerprint density at radius 2 is 1.75 bits per heavy atom. The summed E-state index contributed by atoms with van der Waals surface area (Å²) in [5.74, 6) is 0.470. The molecule has 0 aliphatic rings. The van der Waals surface area contributed by atoms with Crippen LogP contribution >= 0.6 is 0 Å². The van der Waals surface area contributed by atoms with Gasteiger partial charge in [-0.1, -0.05) is 30.3 Å². The summed E-state index contributed by atoms with van der Waals surface area (Å²) >= 11 is 0. The first-order chi connectivity index (χ1) is 11.7. The van der Waals surface area contributed by atoms with E-state index in [1.165, 1.54) is 0 Å². The van der Waals surface area contributed by atoms with Crippen molar-refractivity contribution in [2.24, 2.45) is 0 Å². The summed E-state index contributed by atoms with van der Waals surface area (Å²) in [7, 11) is 0. The van der Waals surface area contributed by atoms with Gasteiger partial charge in [0.05, 0.1) is 12.3 Å². The first kappa shape index (κ1) is 16.0. The molecule has 0 fully saturated rings. The number of nitrogens with zero attached hydrogens (tertiary/aromatic N) is 1. The molecule has 0 radical (unpaired) electrons. The molecule has 0 saturated heterocycles. The van der Waals surface area contributed by atoms with E-state index in [1.807, 2.05) is 49.5 Å². The van der Waals surface area contributed by atoms with Crippen LogP contribution in [0.5, 0.6) is 5.75 Å². The third kappa shape index (κ3) is 3.24. The molecule has 1 atom stereocenters. The molecule has 3 aromatic rings. The summed E-state index contributed by atoms with van der Waals surface area (Å²) in [6.07, 6.45) is 0.612. The number of ketones is 1.